The van der Waals surface area contributed by atoms with E-state index in [0.29, 0.717) is 50.5 Å². The van der Waals surface area contributed by atoms with Gasteiger partial charge in [-0.05, 0) is 54.8 Å². The number of anilines is 1. The molecule has 0 atom stereocenters. The number of carbonyl (C=O) groups excluding carboxylic acids is 3. The topological polar surface area (TPSA) is 117 Å². The Bertz CT molecular complexity index is 1070. The summed E-state index contributed by atoms with van der Waals surface area (Å²) < 4.78 is 10.3. The number of nitrogens with zero attached hydrogens (tertiary/aromatic N) is 1. The minimum absolute atomic E-state index is 0.0140. The number of piperidine rings is 1. The van der Waals surface area contributed by atoms with Crippen molar-refractivity contribution in [3.63, 3.8) is 0 Å². The minimum atomic E-state index is -0.336. The van der Waals surface area contributed by atoms with Crippen LogP contribution in [0.3, 0.4) is 0 Å². The molecule has 2 aromatic heterocycles. The third-order valence-electron chi connectivity index (χ3n) is 5.54. The molecule has 1 aliphatic heterocycles. The minimum Gasteiger partial charge on any atom is -0.467 e. The highest BCUT2D eigenvalue weighted by Crippen LogP contribution is 2.18. The SMILES string of the molecule is O=C(Nc1cccc(CNC(=O)N2CCC(C(=O)NCc3ccco3)CC2)c1)c1ccco1. The van der Waals surface area contributed by atoms with Crippen LogP contribution in [0.1, 0.15) is 34.7 Å². The molecule has 1 fully saturated rings. The van der Waals surface area contributed by atoms with Gasteiger partial charge in [0, 0.05) is 31.2 Å². The van der Waals surface area contributed by atoms with Gasteiger partial charge in [-0.2, -0.15) is 0 Å². The third-order valence-corrected chi connectivity index (χ3v) is 5.54. The Morgan fingerprint density at radius 2 is 1.70 bits per heavy atom. The van der Waals surface area contributed by atoms with Gasteiger partial charge >= 0.3 is 6.03 Å². The first-order valence-corrected chi connectivity index (χ1v) is 10.8. The van der Waals surface area contributed by atoms with Crippen LogP contribution in [-0.2, 0) is 17.9 Å². The highest BCUT2D eigenvalue weighted by atomic mass is 16.3. The first kappa shape index (κ1) is 22.2. The molecule has 9 heteroatoms. The quantitative estimate of drug-likeness (QED) is 0.510. The van der Waals surface area contributed by atoms with Crippen molar-refractivity contribution in [1.82, 2.24) is 15.5 Å². The summed E-state index contributed by atoms with van der Waals surface area (Å²) in [5.74, 6) is 0.479. The van der Waals surface area contributed by atoms with Gasteiger partial charge in [-0.3, -0.25) is 9.59 Å². The highest BCUT2D eigenvalue weighted by Gasteiger charge is 2.27. The fourth-order valence-corrected chi connectivity index (χ4v) is 3.73. The van der Waals surface area contributed by atoms with Crippen LogP contribution in [-0.4, -0.2) is 35.8 Å². The number of likely N-dealkylation sites (tertiary alicyclic amines) is 1. The summed E-state index contributed by atoms with van der Waals surface area (Å²) in [6.45, 7) is 1.73. The number of nitrogens with one attached hydrogen (secondary N) is 3. The lowest BCUT2D eigenvalue weighted by atomic mass is 9.96. The Morgan fingerprint density at radius 1 is 0.909 bits per heavy atom. The molecule has 0 unspecified atom stereocenters. The highest BCUT2D eigenvalue weighted by molar-refractivity contribution is 6.02. The first-order chi connectivity index (χ1) is 16.1. The molecular weight excluding hydrogens is 424 g/mol. The summed E-state index contributed by atoms with van der Waals surface area (Å²) in [6.07, 6.45) is 4.25. The number of hydrogen-bond donors (Lipinski definition) is 3. The van der Waals surface area contributed by atoms with Crippen LogP contribution in [0.2, 0.25) is 0 Å². The van der Waals surface area contributed by atoms with E-state index in [4.69, 9.17) is 8.83 Å². The van der Waals surface area contributed by atoms with Gasteiger partial charge in [0.2, 0.25) is 5.91 Å². The van der Waals surface area contributed by atoms with Crippen LogP contribution >= 0.6 is 0 Å². The second-order valence-electron chi connectivity index (χ2n) is 7.85. The maximum absolute atomic E-state index is 12.6. The van der Waals surface area contributed by atoms with Crippen molar-refractivity contribution >= 4 is 23.5 Å². The number of hydrogen-bond acceptors (Lipinski definition) is 5. The number of rotatable bonds is 7. The van der Waals surface area contributed by atoms with E-state index in [0.717, 1.165) is 5.56 Å². The molecule has 3 heterocycles. The van der Waals surface area contributed by atoms with Gasteiger partial charge in [-0.1, -0.05) is 12.1 Å². The molecule has 33 heavy (non-hydrogen) atoms. The first-order valence-electron chi connectivity index (χ1n) is 10.8. The lowest BCUT2D eigenvalue weighted by molar-refractivity contribution is -0.126. The van der Waals surface area contributed by atoms with Gasteiger partial charge in [0.15, 0.2) is 5.76 Å². The van der Waals surface area contributed by atoms with Gasteiger partial charge in [0.05, 0.1) is 19.1 Å². The monoisotopic (exact) mass is 450 g/mol. The predicted molar refractivity (Wildman–Crippen MR) is 120 cm³/mol. The Morgan fingerprint density at radius 3 is 2.42 bits per heavy atom. The lowest BCUT2D eigenvalue weighted by Gasteiger charge is -2.31. The van der Waals surface area contributed by atoms with Crippen LogP contribution in [0.5, 0.6) is 0 Å². The molecule has 3 aromatic rings. The number of benzene rings is 1. The molecule has 1 aliphatic rings. The Hall–Kier alpha value is -4.01. The molecule has 0 bridgehead atoms. The smallest absolute Gasteiger partial charge is 0.317 e. The van der Waals surface area contributed by atoms with Crippen molar-refractivity contribution in [3.05, 3.63) is 78.1 Å². The van der Waals surface area contributed by atoms with E-state index in [2.05, 4.69) is 16.0 Å². The summed E-state index contributed by atoms with van der Waals surface area (Å²) in [5, 5.41) is 8.56. The summed E-state index contributed by atoms with van der Waals surface area (Å²) in [6, 6.07) is 13.9. The molecule has 9 nitrogen and oxygen atoms in total. The maximum atomic E-state index is 12.6. The Kier molecular flexibility index (Phi) is 7.09. The van der Waals surface area contributed by atoms with Gasteiger partial charge < -0.3 is 29.7 Å². The van der Waals surface area contributed by atoms with Crippen LogP contribution in [0, 0.1) is 5.92 Å². The Labute approximate surface area is 191 Å². The van der Waals surface area contributed by atoms with Crippen LogP contribution in [0.4, 0.5) is 10.5 Å². The lowest BCUT2D eigenvalue weighted by Crippen LogP contribution is -2.46. The normalized spacial score (nSPS) is 14.0. The van der Waals surface area contributed by atoms with Crippen molar-refractivity contribution in [1.29, 1.82) is 0 Å². The average molecular weight is 450 g/mol. The number of urea groups is 1. The van der Waals surface area contributed by atoms with E-state index in [1.807, 2.05) is 18.2 Å². The molecule has 1 aromatic carbocycles. The van der Waals surface area contributed by atoms with Gasteiger partial charge in [0.25, 0.3) is 5.91 Å². The number of amides is 4. The zero-order chi connectivity index (χ0) is 23.0. The van der Waals surface area contributed by atoms with E-state index in [9.17, 15) is 14.4 Å². The molecule has 4 rings (SSSR count). The van der Waals surface area contributed by atoms with Gasteiger partial charge in [-0.25, -0.2) is 4.79 Å². The van der Waals surface area contributed by atoms with Crippen molar-refractivity contribution in [3.8, 4) is 0 Å². The van der Waals surface area contributed by atoms with Crippen LogP contribution in [0.15, 0.2) is 69.9 Å². The standard InChI is InChI=1S/C24H26N4O5/c29-22(25-16-20-6-2-12-32-20)18-8-10-28(11-9-18)24(31)26-15-17-4-1-5-19(14-17)27-23(30)21-7-3-13-33-21/h1-7,12-14,18H,8-11,15-16H2,(H,25,29)(H,26,31)(H,27,30). The summed E-state index contributed by atoms with van der Waals surface area (Å²) in [5.41, 5.74) is 1.47. The Balaban J connectivity index is 1.20. The fourth-order valence-electron chi connectivity index (χ4n) is 3.73. The molecule has 0 aliphatic carbocycles. The number of carbonyl (C=O) groups is 3. The molecule has 0 radical (unpaired) electrons. The summed E-state index contributed by atoms with van der Waals surface area (Å²) in [7, 11) is 0. The van der Waals surface area contributed by atoms with E-state index in [1.54, 1.807) is 41.5 Å². The van der Waals surface area contributed by atoms with Crippen molar-refractivity contribution in [2.45, 2.75) is 25.9 Å². The van der Waals surface area contributed by atoms with Gasteiger partial charge in [0.1, 0.15) is 5.76 Å². The zero-order valence-electron chi connectivity index (χ0n) is 18.1. The maximum Gasteiger partial charge on any atom is 0.317 e. The molecule has 0 saturated carbocycles. The van der Waals surface area contributed by atoms with Crippen molar-refractivity contribution in [2.24, 2.45) is 5.92 Å². The molecule has 1 saturated heterocycles. The summed E-state index contributed by atoms with van der Waals surface area (Å²) in [4.78, 5) is 38.8. The molecule has 3 N–H and O–H groups in total. The molecule has 0 spiro atoms. The van der Waals surface area contributed by atoms with Gasteiger partial charge in [-0.15, -0.1) is 0 Å². The van der Waals surface area contributed by atoms with E-state index in [-0.39, 0.29) is 29.5 Å². The van der Waals surface area contributed by atoms with Crippen molar-refractivity contribution < 1.29 is 23.2 Å². The van der Waals surface area contributed by atoms with E-state index < -0.39 is 0 Å². The molecule has 172 valence electrons. The fraction of sp³-hybridized carbons (Fsp3) is 0.292. The average Bonchev–Trinajstić information content (AvgIpc) is 3.56. The van der Waals surface area contributed by atoms with Crippen LogP contribution < -0.4 is 16.0 Å². The van der Waals surface area contributed by atoms with Crippen LogP contribution in [0.25, 0.3) is 0 Å². The predicted octanol–water partition coefficient (Wildman–Crippen LogP) is 3.36. The van der Waals surface area contributed by atoms with Crippen molar-refractivity contribution in [2.75, 3.05) is 18.4 Å². The second kappa shape index (κ2) is 10.5. The molecule has 4 amide bonds. The molecular formula is C24H26N4O5. The van der Waals surface area contributed by atoms with E-state index in [1.165, 1.54) is 6.26 Å². The van der Waals surface area contributed by atoms with E-state index >= 15 is 0 Å². The zero-order valence-corrected chi connectivity index (χ0v) is 18.1. The third kappa shape index (κ3) is 6.03. The largest absolute Gasteiger partial charge is 0.467 e. The summed E-state index contributed by atoms with van der Waals surface area (Å²) >= 11 is 0. The number of furan rings is 2. The second-order valence-corrected chi connectivity index (χ2v) is 7.85.